The van der Waals surface area contributed by atoms with Crippen molar-refractivity contribution in [2.24, 2.45) is 0 Å². The van der Waals surface area contributed by atoms with Crippen LogP contribution in [0.1, 0.15) is 12.5 Å². The Labute approximate surface area is 144 Å². The van der Waals surface area contributed by atoms with Crippen molar-refractivity contribution in [1.82, 2.24) is 4.98 Å². The molecule has 128 valence electrons. The van der Waals surface area contributed by atoms with Crippen LogP contribution in [0.25, 0.3) is 10.8 Å². The van der Waals surface area contributed by atoms with Gasteiger partial charge in [-0.25, -0.2) is 9.37 Å². The van der Waals surface area contributed by atoms with Gasteiger partial charge in [0.15, 0.2) is 0 Å². The monoisotopic (exact) mass is 339 g/mol. The Kier molecular flexibility index (Phi) is 4.52. The molecule has 0 aliphatic carbocycles. The number of hydrogen-bond donors (Lipinski definition) is 2. The number of nitrogens with one attached hydrogen (secondary N) is 2. The largest absolute Gasteiger partial charge is 0.495 e. The second kappa shape index (κ2) is 6.76. The molecule has 1 heterocycles. The zero-order chi connectivity index (χ0) is 18.0. The molecule has 0 bridgehead atoms. The Hall–Kier alpha value is -3.15. The second-order valence-electron chi connectivity index (χ2n) is 5.70. The molecule has 0 saturated heterocycles. The molecule has 0 fully saturated rings. The van der Waals surface area contributed by atoms with E-state index in [0.717, 1.165) is 16.5 Å². The van der Waals surface area contributed by atoms with E-state index in [4.69, 9.17) is 4.74 Å². The highest BCUT2D eigenvalue weighted by Crippen LogP contribution is 2.34. The van der Waals surface area contributed by atoms with Crippen LogP contribution in [0.3, 0.4) is 0 Å². The number of fused-ring (bicyclic) bond motifs is 1. The molecule has 0 saturated carbocycles. The lowest BCUT2D eigenvalue weighted by molar-refractivity contribution is -0.114. The summed E-state index contributed by atoms with van der Waals surface area (Å²) in [5, 5.41) is 7.68. The maximum atomic E-state index is 13.5. The van der Waals surface area contributed by atoms with Crippen LogP contribution in [0.5, 0.6) is 5.75 Å². The van der Waals surface area contributed by atoms with Gasteiger partial charge in [0.25, 0.3) is 0 Å². The molecule has 1 aromatic heterocycles. The van der Waals surface area contributed by atoms with E-state index >= 15 is 0 Å². The van der Waals surface area contributed by atoms with Crippen molar-refractivity contribution in [3.8, 4) is 5.75 Å². The molecule has 5 nitrogen and oxygen atoms in total. The smallest absolute Gasteiger partial charge is 0.221 e. The Bertz CT molecular complexity index is 957. The topological polar surface area (TPSA) is 63.2 Å². The first-order valence-electron chi connectivity index (χ1n) is 7.75. The lowest BCUT2D eigenvalue weighted by atomic mass is 10.1. The number of carbonyl (C=O) groups is 1. The van der Waals surface area contributed by atoms with Gasteiger partial charge in [-0.3, -0.25) is 4.79 Å². The van der Waals surface area contributed by atoms with Gasteiger partial charge in [-0.15, -0.1) is 0 Å². The number of hydrogen-bond acceptors (Lipinski definition) is 4. The standard InChI is InChI=1S/C19H18FN3O2/c1-11-8-14(4-5-16(11)20)23-19-15-10-17(22-12(2)24)18(25-3)9-13(15)6-7-21-19/h4-10H,1-3H3,(H,21,23)(H,22,24). The van der Waals surface area contributed by atoms with Crippen LogP contribution in [0.4, 0.5) is 21.6 Å². The second-order valence-corrected chi connectivity index (χ2v) is 5.70. The SMILES string of the molecule is COc1cc2ccnc(Nc3ccc(F)c(C)c3)c2cc1NC(C)=O. The number of pyridine rings is 1. The molecule has 3 rings (SSSR count). The molecule has 0 unspecified atom stereocenters. The van der Waals surface area contributed by atoms with Gasteiger partial charge < -0.3 is 15.4 Å². The summed E-state index contributed by atoms with van der Waals surface area (Å²) in [6.07, 6.45) is 1.68. The third-order valence-electron chi connectivity index (χ3n) is 3.82. The van der Waals surface area contributed by atoms with Crippen LogP contribution in [0, 0.1) is 12.7 Å². The number of benzene rings is 2. The van der Waals surface area contributed by atoms with Crippen LogP contribution in [0.15, 0.2) is 42.6 Å². The van der Waals surface area contributed by atoms with Crippen molar-refractivity contribution < 1.29 is 13.9 Å². The molecule has 2 aromatic carbocycles. The van der Waals surface area contributed by atoms with E-state index in [1.807, 2.05) is 12.1 Å². The van der Waals surface area contributed by atoms with Crippen molar-refractivity contribution >= 4 is 33.9 Å². The summed E-state index contributed by atoms with van der Waals surface area (Å²) >= 11 is 0. The summed E-state index contributed by atoms with van der Waals surface area (Å²) in [7, 11) is 1.55. The maximum absolute atomic E-state index is 13.5. The fourth-order valence-electron chi connectivity index (χ4n) is 2.62. The Balaban J connectivity index is 2.08. The molecule has 1 amide bonds. The molecular weight excluding hydrogens is 321 g/mol. The average Bonchev–Trinajstić information content (AvgIpc) is 2.57. The molecule has 0 radical (unpaired) electrons. The van der Waals surface area contributed by atoms with Gasteiger partial charge in [-0.2, -0.15) is 0 Å². The highest BCUT2D eigenvalue weighted by atomic mass is 19.1. The van der Waals surface area contributed by atoms with E-state index in [1.54, 1.807) is 38.4 Å². The maximum Gasteiger partial charge on any atom is 0.221 e. The molecule has 25 heavy (non-hydrogen) atoms. The number of aromatic nitrogens is 1. The van der Waals surface area contributed by atoms with E-state index in [1.165, 1.54) is 13.0 Å². The number of amides is 1. The van der Waals surface area contributed by atoms with Crippen LogP contribution in [0.2, 0.25) is 0 Å². The summed E-state index contributed by atoms with van der Waals surface area (Å²) in [6, 6.07) is 10.3. The lowest BCUT2D eigenvalue weighted by Crippen LogP contribution is -2.07. The van der Waals surface area contributed by atoms with Crippen LogP contribution >= 0.6 is 0 Å². The number of aryl methyl sites for hydroxylation is 1. The molecular formula is C19H18FN3O2. The van der Waals surface area contributed by atoms with E-state index in [2.05, 4.69) is 15.6 Å². The summed E-state index contributed by atoms with van der Waals surface area (Å²) in [4.78, 5) is 15.8. The Morgan fingerprint density at radius 1 is 1.20 bits per heavy atom. The first kappa shape index (κ1) is 16.7. The van der Waals surface area contributed by atoms with E-state index in [0.29, 0.717) is 22.8 Å². The number of carbonyl (C=O) groups excluding carboxylic acids is 1. The fourth-order valence-corrected chi connectivity index (χ4v) is 2.62. The first-order chi connectivity index (χ1) is 12.0. The van der Waals surface area contributed by atoms with Crippen LogP contribution < -0.4 is 15.4 Å². The molecule has 6 heteroatoms. The normalized spacial score (nSPS) is 10.6. The first-order valence-corrected chi connectivity index (χ1v) is 7.75. The minimum atomic E-state index is -0.255. The van der Waals surface area contributed by atoms with Crippen molar-refractivity contribution in [2.45, 2.75) is 13.8 Å². The lowest BCUT2D eigenvalue weighted by Gasteiger charge is -2.14. The highest BCUT2D eigenvalue weighted by Gasteiger charge is 2.11. The van der Waals surface area contributed by atoms with Gasteiger partial charge in [-0.1, -0.05) is 0 Å². The zero-order valence-corrected chi connectivity index (χ0v) is 14.2. The van der Waals surface area contributed by atoms with Crippen molar-refractivity contribution in [3.05, 3.63) is 54.0 Å². The molecule has 0 aliphatic rings. The third-order valence-corrected chi connectivity index (χ3v) is 3.82. The summed E-state index contributed by atoms with van der Waals surface area (Å²) in [5.41, 5.74) is 1.84. The van der Waals surface area contributed by atoms with Crippen LogP contribution in [-0.4, -0.2) is 18.0 Å². The van der Waals surface area contributed by atoms with Crippen molar-refractivity contribution in [2.75, 3.05) is 17.7 Å². The number of anilines is 3. The summed E-state index contributed by atoms with van der Waals surface area (Å²) in [6.45, 7) is 3.14. The van der Waals surface area contributed by atoms with Crippen LogP contribution in [-0.2, 0) is 4.79 Å². The van der Waals surface area contributed by atoms with Gasteiger partial charge in [0.05, 0.1) is 12.8 Å². The highest BCUT2D eigenvalue weighted by molar-refractivity contribution is 6.00. The van der Waals surface area contributed by atoms with E-state index in [-0.39, 0.29) is 11.7 Å². The van der Waals surface area contributed by atoms with Gasteiger partial charge >= 0.3 is 0 Å². The number of rotatable bonds is 4. The zero-order valence-electron chi connectivity index (χ0n) is 14.2. The number of ether oxygens (including phenoxy) is 1. The predicted octanol–water partition coefficient (Wildman–Crippen LogP) is 4.39. The summed E-state index contributed by atoms with van der Waals surface area (Å²) < 4.78 is 18.8. The molecule has 0 atom stereocenters. The fraction of sp³-hybridized carbons (Fsp3) is 0.158. The predicted molar refractivity (Wildman–Crippen MR) is 97.0 cm³/mol. The number of methoxy groups -OCH3 is 1. The Morgan fingerprint density at radius 3 is 2.68 bits per heavy atom. The van der Waals surface area contributed by atoms with E-state index < -0.39 is 0 Å². The van der Waals surface area contributed by atoms with Gasteiger partial charge in [0, 0.05) is 24.2 Å². The van der Waals surface area contributed by atoms with Crippen molar-refractivity contribution in [1.29, 1.82) is 0 Å². The number of halogens is 1. The van der Waals surface area contributed by atoms with Gasteiger partial charge in [-0.05, 0) is 54.3 Å². The summed E-state index contributed by atoms with van der Waals surface area (Å²) in [5.74, 6) is 0.731. The average molecular weight is 339 g/mol. The molecule has 3 aromatic rings. The number of nitrogens with zero attached hydrogens (tertiary/aromatic N) is 1. The minimum Gasteiger partial charge on any atom is -0.495 e. The van der Waals surface area contributed by atoms with Crippen molar-refractivity contribution in [3.63, 3.8) is 0 Å². The molecule has 0 spiro atoms. The third kappa shape index (κ3) is 3.52. The van der Waals surface area contributed by atoms with Gasteiger partial charge in [0.2, 0.25) is 5.91 Å². The quantitative estimate of drug-likeness (QED) is 0.740. The van der Waals surface area contributed by atoms with E-state index in [9.17, 15) is 9.18 Å². The van der Waals surface area contributed by atoms with Gasteiger partial charge in [0.1, 0.15) is 17.4 Å². The molecule has 0 aliphatic heterocycles. The minimum absolute atomic E-state index is 0.190. The Morgan fingerprint density at radius 2 is 2.00 bits per heavy atom. The molecule has 2 N–H and O–H groups in total.